The lowest BCUT2D eigenvalue weighted by Gasteiger charge is -2.31. The highest BCUT2D eigenvalue weighted by Crippen LogP contribution is 2.30. The van der Waals surface area contributed by atoms with E-state index in [2.05, 4.69) is 22.6 Å². The van der Waals surface area contributed by atoms with Crippen molar-refractivity contribution in [1.29, 1.82) is 0 Å². The first kappa shape index (κ1) is 26.6. The summed E-state index contributed by atoms with van der Waals surface area (Å²) in [6, 6.07) is 11.2. The third-order valence-corrected chi connectivity index (χ3v) is 8.69. The largest absolute Gasteiger partial charge is 0.497 e. The van der Waals surface area contributed by atoms with Crippen LogP contribution in [0, 0.1) is 33.6 Å². The van der Waals surface area contributed by atoms with Crippen LogP contribution in [-0.2, 0) is 14.8 Å². The number of rotatable bonds is 7. The number of carbonyl (C=O) groups excluding carboxylic acids is 1. The van der Waals surface area contributed by atoms with Crippen molar-refractivity contribution in [3.63, 3.8) is 0 Å². The fourth-order valence-electron chi connectivity index (χ4n) is 4.86. The number of amides is 1. The van der Waals surface area contributed by atoms with Gasteiger partial charge in [0, 0.05) is 24.8 Å². The van der Waals surface area contributed by atoms with E-state index in [0.29, 0.717) is 36.5 Å². The molecule has 1 saturated heterocycles. The van der Waals surface area contributed by atoms with E-state index >= 15 is 0 Å². The first-order valence-electron chi connectivity index (χ1n) is 12.3. The van der Waals surface area contributed by atoms with Gasteiger partial charge in [-0.05, 0) is 75.4 Å². The molecule has 1 N–H and O–H groups in total. The second-order valence-electron chi connectivity index (χ2n) is 9.53. The number of nitrogens with zero attached hydrogens (tertiary/aromatic N) is 2. The monoisotopic (exact) mass is 523 g/mol. The molecule has 0 spiro atoms. The standard InChI is InChI=1S/C28H33N3O5S/c1-18-14-19(2)25(20(3)15-18)11-12-26-27(21(4)30-36-26)37(33,34)31-13-7-8-22(17-31)28(32)29-23-9-6-10-24(16-23)35-5/h6,9-12,14-16,22H,7-8,13,17H2,1-5H3,(H,29,32)/b12-11+/t22-/m1/s1. The highest BCUT2D eigenvalue weighted by atomic mass is 32.2. The maximum Gasteiger partial charge on any atom is 0.248 e. The Hall–Kier alpha value is -3.43. The van der Waals surface area contributed by atoms with Gasteiger partial charge in [0.1, 0.15) is 11.4 Å². The number of hydrogen-bond donors (Lipinski definition) is 1. The van der Waals surface area contributed by atoms with Crippen LogP contribution in [-0.4, -0.2) is 44.0 Å². The highest BCUT2D eigenvalue weighted by molar-refractivity contribution is 7.89. The SMILES string of the molecule is COc1cccc(NC(=O)[C@@H]2CCCN(S(=O)(=O)c3c(C)noc3/C=C/c3c(C)cc(C)cc3C)C2)c1. The van der Waals surface area contributed by atoms with Crippen LogP contribution in [0.1, 0.15) is 46.5 Å². The zero-order valence-corrected chi connectivity index (χ0v) is 22.7. The number of nitrogens with one attached hydrogen (secondary N) is 1. The fraction of sp³-hybridized carbons (Fsp3) is 0.357. The molecule has 37 heavy (non-hydrogen) atoms. The molecule has 8 nitrogen and oxygen atoms in total. The maximum atomic E-state index is 13.7. The predicted octanol–water partition coefficient (Wildman–Crippen LogP) is 5.13. The van der Waals surface area contributed by atoms with E-state index < -0.39 is 15.9 Å². The Bertz CT molecular complexity index is 1420. The summed E-state index contributed by atoms with van der Waals surface area (Å²) in [6.07, 6.45) is 4.70. The molecule has 1 amide bonds. The zero-order chi connectivity index (χ0) is 26.7. The number of anilines is 1. The molecule has 0 saturated carbocycles. The van der Waals surface area contributed by atoms with E-state index in [-0.39, 0.29) is 23.1 Å². The molecule has 1 aromatic heterocycles. The van der Waals surface area contributed by atoms with Crippen LogP contribution >= 0.6 is 0 Å². The molecule has 1 aliphatic rings. The normalized spacial score (nSPS) is 16.7. The Kier molecular flexibility index (Phi) is 7.85. The average Bonchev–Trinajstić information content (AvgIpc) is 3.24. The second-order valence-corrected chi connectivity index (χ2v) is 11.4. The van der Waals surface area contributed by atoms with Crippen LogP contribution < -0.4 is 10.1 Å². The average molecular weight is 524 g/mol. The molecule has 3 aromatic rings. The Labute approximate surface area is 218 Å². The summed E-state index contributed by atoms with van der Waals surface area (Å²) >= 11 is 0. The van der Waals surface area contributed by atoms with E-state index in [0.717, 1.165) is 16.7 Å². The molecule has 196 valence electrons. The fourth-order valence-corrected chi connectivity index (χ4v) is 6.63. The molecule has 9 heteroatoms. The molecule has 1 aliphatic heterocycles. The number of methoxy groups -OCH3 is 1. The lowest BCUT2D eigenvalue weighted by atomic mass is 9.98. The third-order valence-electron chi connectivity index (χ3n) is 6.66. The minimum atomic E-state index is -3.94. The van der Waals surface area contributed by atoms with Crippen LogP contribution in [0.2, 0.25) is 0 Å². The summed E-state index contributed by atoms with van der Waals surface area (Å²) in [4.78, 5) is 13.0. The molecule has 2 heterocycles. The number of carbonyl (C=O) groups is 1. The van der Waals surface area contributed by atoms with Crippen molar-refractivity contribution in [2.75, 3.05) is 25.5 Å². The molecule has 2 aromatic carbocycles. The number of aryl methyl sites for hydroxylation is 4. The molecule has 0 bridgehead atoms. The topological polar surface area (TPSA) is 102 Å². The van der Waals surface area contributed by atoms with Crippen LogP contribution in [0.5, 0.6) is 5.75 Å². The molecule has 4 rings (SSSR count). The van der Waals surface area contributed by atoms with E-state index in [4.69, 9.17) is 9.26 Å². The van der Waals surface area contributed by atoms with Crippen molar-refractivity contribution in [2.24, 2.45) is 5.92 Å². The zero-order valence-electron chi connectivity index (χ0n) is 21.9. The Morgan fingerprint density at radius 1 is 1.14 bits per heavy atom. The van der Waals surface area contributed by atoms with E-state index in [1.807, 2.05) is 26.8 Å². The van der Waals surface area contributed by atoms with Gasteiger partial charge < -0.3 is 14.6 Å². The Morgan fingerprint density at radius 2 is 1.86 bits per heavy atom. The van der Waals surface area contributed by atoms with E-state index in [1.54, 1.807) is 44.4 Å². The lowest BCUT2D eigenvalue weighted by Crippen LogP contribution is -2.43. The van der Waals surface area contributed by atoms with E-state index in [1.165, 1.54) is 9.87 Å². The molecular weight excluding hydrogens is 490 g/mol. The van der Waals surface area contributed by atoms with Gasteiger partial charge in [-0.1, -0.05) is 35.0 Å². The van der Waals surface area contributed by atoms with Crippen molar-refractivity contribution < 1.29 is 22.5 Å². The van der Waals surface area contributed by atoms with Gasteiger partial charge in [-0.2, -0.15) is 4.31 Å². The van der Waals surface area contributed by atoms with Crippen molar-refractivity contribution in [3.8, 4) is 5.75 Å². The summed E-state index contributed by atoms with van der Waals surface area (Å²) in [6.45, 7) is 8.12. The van der Waals surface area contributed by atoms with Crippen LogP contribution in [0.4, 0.5) is 5.69 Å². The van der Waals surface area contributed by atoms with Gasteiger partial charge >= 0.3 is 0 Å². The van der Waals surface area contributed by atoms with Crippen molar-refractivity contribution in [3.05, 3.63) is 70.1 Å². The number of aromatic nitrogens is 1. The van der Waals surface area contributed by atoms with Gasteiger partial charge in [-0.25, -0.2) is 8.42 Å². The predicted molar refractivity (Wildman–Crippen MR) is 144 cm³/mol. The molecule has 0 unspecified atom stereocenters. The van der Waals surface area contributed by atoms with Crippen molar-refractivity contribution in [2.45, 2.75) is 45.4 Å². The first-order chi connectivity index (χ1) is 17.6. The van der Waals surface area contributed by atoms with Crippen LogP contribution in [0.3, 0.4) is 0 Å². The van der Waals surface area contributed by atoms with Gasteiger partial charge in [0.05, 0.1) is 13.0 Å². The van der Waals surface area contributed by atoms with Gasteiger partial charge in [-0.3, -0.25) is 4.79 Å². The Morgan fingerprint density at radius 3 is 2.57 bits per heavy atom. The quantitative estimate of drug-likeness (QED) is 0.461. The minimum absolute atomic E-state index is 0.0417. The highest BCUT2D eigenvalue weighted by Gasteiger charge is 2.37. The second kappa shape index (κ2) is 10.9. The minimum Gasteiger partial charge on any atom is -0.497 e. The van der Waals surface area contributed by atoms with Crippen molar-refractivity contribution in [1.82, 2.24) is 9.46 Å². The number of hydrogen-bond acceptors (Lipinski definition) is 6. The van der Waals surface area contributed by atoms with Gasteiger partial charge in [-0.15, -0.1) is 0 Å². The molecule has 0 radical (unpaired) electrons. The van der Waals surface area contributed by atoms with Crippen LogP contribution in [0.25, 0.3) is 12.2 Å². The summed E-state index contributed by atoms with van der Waals surface area (Å²) in [5.41, 5.74) is 5.26. The smallest absolute Gasteiger partial charge is 0.248 e. The lowest BCUT2D eigenvalue weighted by molar-refractivity contribution is -0.120. The molecule has 1 atom stereocenters. The number of sulfonamides is 1. The van der Waals surface area contributed by atoms with Gasteiger partial charge in [0.25, 0.3) is 0 Å². The Balaban J connectivity index is 1.55. The summed E-state index contributed by atoms with van der Waals surface area (Å²) in [5.74, 6) is 0.109. The van der Waals surface area contributed by atoms with Crippen molar-refractivity contribution >= 4 is 33.8 Å². The number of ether oxygens (including phenoxy) is 1. The molecule has 1 fully saturated rings. The summed E-state index contributed by atoms with van der Waals surface area (Å²) in [7, 11) is -2.38. The summed E-state index contributed by atoms with van der Waals surface area (Å²) in [5, 5.41) is 6.84. The van der Waals surface area contributed by atoms with Crippen LogP contribution in [0.15, 0.2) is 45.8 Å². The first-order valence-corrected chi connectivity index (χ1v) is 13.7. The third kappa shape index (κ3) is 5.78. The molecular formula is C28H33N3O5S. The van der Waals surface area contributed by atoms with Gasteiger partial charge in [0.2, 0.25) is 15.9 Å². The molecule has 0 aliphatic carbocycles. The maximum absolute atomic E-state index is 13.7. The number of piperidine rings is 1. The van der Waals surface area contributed by atoms with E-state index in [9.17, 15) is 13.2 Å². The number of benzene rings is 2. The summed E-state index contributed by atoms with van der Waals surface area (Å²) < 4.78 is 39.5. The van der Waals surface area contributed by atoms with Gasteiger partial charge in [0.15, 0.2) is 10.7 Å².